The molecule has 0 saturated carbocycles. The number of carbonyl (C=O) groups is 2. The number of aromatic nitrogens is 1. The lowest BCUT2D eigenvalue weighted by Crippen LogP contribution is -2.41. The Kier molecular flexibility index (Phi) is 5.74. The van der Waals surface area contributed by atoms with E-state index in [-0.39, 0.29) is 10.5 Å². The van der Waals surface area contributed by atoms with Gasteiger partial charge in [0.25, 0.3) is 11.8 Å². The average molecular weight is 409 g/mol. The van der Waals surface area contributed by atoms with Gasteiger partial charge >= 0.3 is 0 Å². The molecule has 0 radical (unpaired) electrons. The summed E-state index contributed by atoms with van der Waals surface area (Å²) < 4.78 is 22.9. The zero-order chi connectivity index (χ0) is 21.0. The first kappa shape index (κ1) is 20.2. The van der Waals surface area contributed by atoms with Crippen molar-refractivity contribution in [3.63, 3.8) is 0 Å². The number of nitrogens with zero attached hydrogens (tertiary/aromatic N) is 1. The molecule has 0 fully saturated rings. The summed E-state index contributed by atoms with van der Waals surface area (Å²) in [6.45, 7) is 1.72. The monoisotopic (exact) mass is 409 g/mol. The van der Waals surface area contributed by atoms with Crippen LogP contribution in [0.2, 0.25) is 0 Å². The second-order valence-electron chi connectivity index (χ2n) is 6.40. The standard InChI is InChI=1S/C21H19N3O4S/c1-14-18(12-13-19(22-14)15-6-4-3-5-7-15)21(26)24-23-20(25)16-8-10-17(11-9-16)29(2,27)28/h3-13H,1-2H3,(H,23,25)(H,24,26). The number of hydrogen-bond donors (Lipinski definition) is 2. The van der Waals surface area contributed by atoms with Gasteiger partial charge < -0.3 is 0 Å². The molecule has 1 aromatic heterocycles. The van der Waals surface area contributed by atoms with Gasteiger partial charge in [-0.25, -0.2) is 8.42 Å². The van der Waals surface area contributed by atoms with E-state index >= 15 is 0 Å². The summed E-state index contributed by atoms with van der Waals surface area (Å²) in [5, 5.41) is 0. The summed E-state index contributed by atoms with van der Waals surface area (Å²) in [6.07, 6.45) is 1.09. The van der Waals surface area contributed by atoms with Crippen LogP contribution in [0.5, 0.6) is 0 Å². The van der Waals surface area contributed by atoms with E-state index in [1.807, 2.05) is 30.3 Å². The van der Waals surface area contributed by atoms with Crippen LogP contribution in [0.25, 0.3) is 11.3 Å². The van der Waals surface area contributed by atoms with Crippen LogP contribution in [0.4, 0.5) is 0 Å². The normalized spacial score (nSPS) is 11.0. The Morgan fingerprint density at radius 3 is 2.03 bits per heavy atom. The van der Waals surface area contributed by atoms with Crippen molar-refractivity contribution in [2.45, 2.75) is 11.8 Å². The molecule has 7 nitrogen and oxygen atoms in total. The Labute approximate surface area is 168 Å². The molecule has 0 spiro atoms. The van der Waals surface area contributed by atoms with Crippen molar-refractivity contribution in [2.24, 2.45) is 0 Å². The Morgan fingerprint density at radius 2 is 1.45 bits per heavy atom. The molecule has 0 bridgehead atoms. The van der Waals surface area contributed by atoms with Crippen LogP contribution in [0.1, 0.15) is 26.4 Å². The third-order valence-electron chi connectivity index (χ3n) is 4.23. The third kappa shape index (κ3) is 4.85. The minimum absolute atomic E-state index is 0.110. The molecule has 0 aliphatic rings. The number of hydrogen-bond acceptors (Lipinski definition) is 5. The molecule has 8 heteroatoms. The number of carbonyl (C=O) groups excluding carboxylic acids is 2. The van der Waals surface area contributed by atoms with Gasteiger partial charge in [-0.3, -0.25) is 25.4 Å². The minimum Gasteiger partial charge on any atom is -0.267 e. The van der Waals surface area contributed by atoms with Crippen molar-refractivity contribution in [3.05, 3.63) is 83.6 Å². The molecule has 2 N–H and O–H groups in total. The summed E-state index contributed by atoms with van der Waals surface area (Å²) in [7, 11) is -3.34. The van der Waals surface area contributed by atoms with Crippen LogP contribution in [-0.2, 0) is 9.84 Å². The van der Waals surface area contributed by atoms with Gasteiger partial charge in [-0.2, -0.15) is 0 Å². The fraction of sp³-hybridized carbons (Fsp3) is 0.0952. The first-order valence-corrected chi connectivity index (χ1v) is 10.6. The number of sulfone groups is 1. The molecular formula is C21H19N3O4S. The number of hydrazine groups is 1. The first-order chi connectivity index (χ1) is 13.8. The van der Waals surface area contributed by atoms with Gasteiger partial charge in [-0.1, -0.05) is 30.3 Å². The molecule has 0 aliphatic heterocycles. The number of rotatable bonds is 4. The molecule has 2 amide bonds. The van der Waals surface area contributed by atoms with E-state index in [9.17, 15) is 18.0 Å². The van der Waals surface area contributed by atoms with E-state index in [0.29, 0.717) is 11.3 Å². The van der Waals surface area contributed by atoms with Crippen molar-refractivity contribution in [3.8, 4) is 11.3 Å². The van der Waals surface area contributed by atoms with Gasteiger partial charge in [0.05, 0.1) is 21.8 Å². The number of benzene rings is 2. The van der Waals surface area contributed by atoms with Crippen LogP contribution in [0, 0.1) is 6.92 Å². The summed E-state index contributed by atoms with van der Waals surface area (Å²) in [6, 6.07) is 18.4. The molecule has 0 unspecified atom stereocenters. The van der Waals surface area contributed by atoms with Crippen molar-refractivity contribution in [1.82, 2.24) is 15.8 Å². The first-order valence-electron chi connectivity index (χ1n) is 8.69. The van der Waals surface area contributed by atoms with Crippen LogP contribution >= 0.6 is 0 Å². The van der Waals surface area contributed by atoms with Gasteiger partial charge in [0.15, 0.2) is 9.84 Å². The highest BCUT2D eigenvalue weighted by atomic mass is 32.2. The van der Waals surface area contributed by atoms with Crippen LogP contribution < -0.4 is 10.9 Å². The largest absolute Gasteiger partial charge is 0.271 e. The number of aryl methyl sites for hydroxylation is 1. The highest BCUT2D eigenvalue weighted by molar-refractivity contribution is 7.90. The molecule has 3 rings (SSSR count). The Morgan fingerprint density at radius 1 is 0.828 bits per heavy atom. The second kappa shape index (κ2) is 8.24. The maximum absolute atomic E-state index is 12.4. The van der Waals surface area contributed by atoms with Crippen molar-refractivity contribution in [2.75, 3.05) is 6.26 Å². The van der Waals surface area contributed by atoms with E-state index in [1.165, 1.54) is 24.3 Å². The fourth-order valence-electron chi connectivity index (χ4n) is 2.68. The van der Waals surface area contributed by atoms with Gasteiger partial charge in [0.1, 0.15) is 0 Å². The molecule has 0 aliphatic carbocycles. The molecule has 0 saturated heterocycles. The number of amides is 2. The maximum Gasteiger partial charge on any atom is 0.271 e. The zero-order valence-corrected chi connectivity index (χ0v) is 16.7. The lowest BCUT2D eigenvalue weighted by atomic mass is 10.1. The van der Waals surface area contributed by atoms with Crippen molar-refractivity contribution < 1.29 is 18.0 Å². The Hall–Kier alpha value is -3.52. The second-order valence-corrected chi connectivity index (χ2v) is 8.42. The van der Waals surface area contributed by atoms with Crippen LogP contribution in [0.15, 0.2) is 71.6 Å². The highest BCUT2D eigenvalue weighted by Gasteiger charge is 2.14. The van der Waals surface area contributed by atoms with Crippen molar-refractivity contribution >= 4 is 21.7 Å². The molecule has 29 heavy (non-hydrogen) atoms. The molecular weight excluding hydrogens is 390 g/mol. The number of pyridine rings is 1. The van der Waals surface area contributed by atoms with Crippen LogP contribution in [0.3, 0.4) is 0 Å². The van der Waals surface area contributed by atoms with E-state index in [4.69, 9.17) is 0 Å². The smallest absolute Gasteiger partial charge is 0.267 e. The summed E-state index contributed by atoms with van der Waals surface area (Å²) in [5.74, 6) is -1.07. The quantitative estimate of drug-likeness (QED) is 0.644. The van der Waals surface area contributed by atoms with Gasteiger partial charge in [0.2, 0.25) is 0 Å². The Balaban J connectivity index is 1.67. The van der Waals surface area contributed by atoms with Crippen molar-refractivity contribution in [1.29, 1.82) is 0 Å². The van der Waals surface area contributed by atoms with Gasteiger partial charge in [0, 0.05) is 17.4 Å². The van der Waals surface area contributed by atoms with E-state index in [2.05, 4.69) is 15.8 Å². The molecule has 1 heterocycles. The average Bonchev–Trinajstić information content (AvgIpc) is 2.71. The topological polar surface area (TPSA) is 105 Å². The highest BCUT2D eigenvalue weighted by Crippen LogP contribution is 2.18. The molecule has 2 aromatic carbocycles. The Bertz CT molecular complexity index is 1160. The van der Waals surface area contributed by atoms with Crippen LogP contribution in [-0.4, -0.2) is 31.5 Å². The van der Waals surface area contributed by atoms with E-state index in [1.54, 1.807) is 19.1 Å². The molecule has 148 valence electrons. The predicted octanol–water partition coefficient (Wildman–Crippen LogP) is 2.54. The summed E-state index contributed by atoms with van der Waals surface area (Å²) in [5.41, 5.74) is 7.41. The third-order valence-corrected chi connectivity index (χ3v) is 5.36. The minimum atomic E-state index is -3.34. The van der Waals surface area contributed by atoms with Gasteiger partial charge in [-0.05, 0) is 43.3 Å². The maximum atomic E-state index is 12.4. The fourth-order valence-corrected chi connectivity index (χ4v) is 3.31. The van der Waals surface area contributed by atoms with E-state index < -0.39 is 21.7 Å². The zero-order valence-electron chi connectivity index (χ0n) is 15.8. The summed E-state index contributed by atoms with van der Waals surface area (Å²) in [4.78, 5) is 29.1. The summed E-state index contributed by atoms with van der Waals surface area (Å²) >= 11 is 0. The SMILES string of the molecule is Cc1nc(-c2ccccc2)ccc1C(=O)NNC(=O)c1ccc(S(C)(=O)=O)cc1. The number of nitrogens with one attached hydrogen (secondary N) is 2. The lowest BCUT2D eigenvalue weighted by Gasteiger charge is -2.10. The lowest BCUT2D eigenvalue weighted by molar-refractivity contribution is 0.0846. The molecule has 3 aromatic rings. The predicted molar refractivity (Wildman–Crippen MR) is 109 cm³/mol. The van der Waals surface area contributed by atoms with Gasteiger partial charge in [-0.15, -0.1) is 0 Å². The molecule has 0 atom stereocenters. The van der Waals surface area contributed by atoms with E-state index in [0.717, 1.165) is 17.5 Å².